The van der Waals surface area contributed by atoms with Crippen LogP contribution in [0.5, 0.6) is 0 Å². The second-order valence-corrected chi connectivity index (χ2v) is 13.6. The number of carbonyl (C=O) groups is 6. The zero-order chi connectivity index (χ0) is 35.4. The minimum atomic E-state index is -2.18. The summed E-state index contributed by atoms with van der Waals surface area (Å²) in [5, 5.41) is 22.9. The van der Waals surface area contributed by atoms with Crippen LogP contribution in [0.2, 0.25) is 0 Å². The van der Waals surface area contributed by atoms with Crippen LogP contribution in [0.4, 0.5) is 0 Å². The number of carbonyl (C=O) groups excluding carboxylic acids is 6. The van der Waals surface area contributed by atoms with Crippen molar-refractivity contribution in [3.63, 3.8) is 0 Å². The number of ether oxygens (including phenoxy) is 7. The van der Waals surface area contributed by atoms with Crippen molar-refractivity contribution in [2.45, 2.75) is 123 Å². The smallest absolute Gasteiger partial charge is 0.332 e. The summed E-state index contributed by atoms with van der Waals surface area (Å²) < 4.78 is 41.4. The highest BCUT2D eigenvalue weighted by atomic mass is 16.6. The molecular formula is C32H44O15. The summed E-state index contributed by atoms with van der Waals surface area (Å²) in [6, 6.07) is 0. The Morgan fingerprint density at radius 3 is 1.83 bits per heavy atom. The number of hydrogen-bond acceptors (Lipinski definition) is 15. The molecule has 0 spiro atoms. The van der Waals surface area contributed by atoms with Crippen molar-refractivity contribution >= 4 is 35.8 Å². The van der Waals surface area contributed by atoms with Gasteiger partial charge in [0, 0.05) is 52.9 Å². The zero-order valence-electron chi connectivity index (χ0n) is 28.1. The number of aliphatic hydroxyl groups excluding tert-OH is 1. The molecule has 0 radical (unpaired) electrons. The Morgan fingerprint density at radius 1 is 0.809 bits per heavy atom. The maximum Gasteiger partial charge on any atom is 0.332 e. The third kappa shape index (κ3) is 5.79. The quantitative estimate of drug-likeness (QED) is 0.219. The molecule has 3 fully saturated rings. The molecule has 0 aromatic rings. The lowest BCUT2D eigenvalue weighted by molar-refractivity contribution is -0.366. The first-order valence-electron chi connectivity index (χ1n) is 15.4. The van der Waals surface area contributed by atoms with Gasteiger partial charge >= 0.3 is 35.8 Å². The summed E-state index contributed by atoms with van der Waals surface area (Å²) in [5.41, 5.74) is -6.64. The van der Waals surface area contributed by atoms with E-state index in [1.807, 2.05) is 0 Å². The standard InChI is InChI=1S/C32H44O15/c1-14-20(42-15(2)34)11-32(40)28(45-18(5)37)26-30(9,21(43-16(3)35)10-22-31(26,13-41-22)47-19(6)38)27(44-17(4)36)25(46-23(39)12-33)24(14)29(32,7)8/h20-22,25-28,33,40H,10-13H2,1-9H3/t20-,21-,22+,25+,26-,27-,28-,30+,31-,32+/m0/s1. The van der Waals surface area contributed by atoms with Crippen molar-refractivity contribution < 1.29 is 72.1 Å². The van der Waals surface area contributed by atoms with E-state index in [1.165, 1.54) is 13.8 Å². The molecule has 1 heterocycles. The van der Waals surface area contributed by atoms with Gasteiger partial charge in [-0.1, -0.05) is 20.8 Å². The highest BCUT2D eigenvalue weighted by Crippen LogP contribution is 2.66. The lowest BCUT2D eigenvalue weighted by Crippen LogP contribution is -2.82. The van der Waals surface area contributed by atoms with Gasteiger partial charge in [-0.25, -0.2) is 4.79 Å². The average molecular weight is 669 g/mol. The van der Waals surface area contributed by atoms with Gasteiger partial charge in [0.05, 0.1) is 17.9 Å². The third-order valence-electron chi connectivity index (χ3n) is 10.4. The summed E-state index contributed by atoms with van der Waals surface area (Å²) in [7, 11) is 0. The highest BCUT2D eigenvalue weighted by Gasteiger charge is 2.79. The summed E-state index contributed by atoms with van der Waals surface area (Å²) in [5.74, 6) is -6.38. The molecule has 0 aromatic carbocycles. The van der Waals surface area contributed by atoms with Crippen molar-refractivity contribution in [3.05, 3.63) is 11.1 Å². The van der Waals surface area contributed by atoms with Crippen LogP contribution < -0.4 is 0 Å². The number of aliphatic hydroxyl groups is 2. The monoisotopic (exact) mass is 668 g/mol. The summed E-state index contributed by atoms with van der Waals surface area (Å²) in [4.78, 5) is 76.7. The Balaban J connectivity index is 2.24. The Labute approximate surface area is 272 Å². The summed E-state index contributed by atoms with van der Waals surface area (Å²) in [6.07, 6.45) is -8.60. The van der Waals surface area contributed by atoms with Gasteiger partial charge in [0.25, 0.3) is 0 Å². The van der Waals surface area contributed by atoms with Gasteiger partial charge in [-0.15, -0.1) is 0 Å². The Morgan fingerprint density at radius 2 is 1.36 bits per heavy atom. The van der Waals surface area contributed by atoms with E-state index >= 15 is 0 Å². The van der Waals surface area contributed by atoms with E-state index in [-0.39, 0.29) is 25.0 Å². The van der Waals surface area contributed by atoms with Crippen LogP contribution >= 0.6 is 0 Å². The fourth-order valence-corrected chi connectivity index (χ4v) is 8.58. The van der Waals surface area contributed by atoms with E-state index in [2.05, 4.69) is 0 Å². The van der Waals surface area contributed by atoms with E-state index < -0.39 is 107 Å². The van der Waals surface area contributed by atoms with Crippen molar-refractivity contribution in [2.24, 2.45) is 16.7 Å². The van der Waals surface area contributed by atoms with Gasteiger partial charge in [-0.05, 0) is 18.1 Å². The van der Waals surface area contributed by atoms with E-state index in [0.717, 1.165) is 20.8 Å². The largest absolute Gasteiger partial charge is 0.462 e. The first-order valence-corrected chi connectivity index (χ1v) is 15.4. The molecule has 2 saturated carbocycles. The van der Waals surface area contributed by atoms with Gasteiger partial charge in [0.2, 0.25) is 0 Å². The molecule has 0 unspecified atom stereocenters. The normalized spacial score (nSPS) is 38.5. The van der Waals surface area contributed by atoms with Crippen LogP contribution in [0.15, 0.2) is 11.1 Å². The minimum absolute atomic E-state index is 0.0962. The van der Waals surface area contributed by atoms with Crippen LogP contribution in [-0.2, 0) is 61.9 Å². The minimum Gasteiger partial charge on any atom is -0.462 e. The van der Waals surface area contributed by atoms with Crippen LogP contribution in [0.25, 0.3) is 0 Å². The van der Waals surface area contributed by atoms with Crippen molar-refractivity contribution in [2.75, 3.05) is 13.2 Å². The molecule has 1 aliphatic heterocycles. The molecule has 47 heavy (non-hydrogen) atoms. The number of esters is 6. The molecule has 2 bridgehead atoms. The molecule has 262 valence electrons. The third-order valence-corrected chi connectivity index (χ3v) is 10.4. The first-order chi connectivity index (χ1) is 21.7. The number of hydrogen-bond donors (Lipinski definition) is 2. The van der Waals surface area contributed by atoms with Crippen LogP contribution in [0, 0.1) is 16.7 Å². The molecule has 3 aliphatic carbocycles. The Bertz CT molecular complexity index is 1380. The van der Waals surface area contributed by atoms with E-state index in [0.29, 0.717) is 5.57 Å². The predicted octanol–water partition coefficient (Wildman–Crippen LogP) is 0.835. The molecule has 0 aromatic heterocycles. The SMILES string of the molecule is CC(=O)O[C@H]1C[C@@]2(O)[C@@H](OC(C)=O)[C@@H]3[C@]4(OC(C)=O)CO[C@@H]4C[C@H](OC(C)=O)[C@@]3(C)[C@@H](OC(C)=O)[C@H](OC(=O)CO)C(=C1C)C2(C)C. The van der Waals surface area contributed by atoms with Gasteiger partial charge in [0.15, 0.2) is 17.8 Å². The fraction of sp³-hybridized carbons (Fsp3) is 0.750. The topological polar surface area (TPSA) is 207 Å². The van der Waals surface area contributed by atoms with Crippen LogP contribution in [0.1, 0.15) is 75.2 Å². The van der Waals surface area contributed by atoms with Crippen molar-refractivity contribution in [3.8, 4) is 0 Å². The van der Waals surface area contributed by atoms with E-state index in [1.54, 1.807) is 27.7 Å². The fourth-order valence-electron chi connectivity index (χ4n) is 8.58. The molecule has 0 amide bonds. The van der Waals surface area contributed by atoms with E-state index in [4.69, 9.17) is 33.2 Å². The molecule has 1 saturated heterocycles. The molecule has 4 rings (SSSR count). The lowest BCUT2D eigenvalue weighted by Gasteiger charge is -2.69. The molecule has 4 aliphatic rings. The van der Waals surface area contributed by atoms with Gasteiger partial charge in [-0.2, -0.15) is 0 Å². The van der Waals surface area contributed by atoms with Gasteiger partial charge in [0.1, 0.15) is 36.6 Å². The van der Waals surface area contributed by atoms with Crippen LogP contribution in [-0.4, -0.2) is 107 Å². The molecule has 15 nitrogen and oxygen atoms in total. The lowest BCUT2D eigenvalue weighted by atomic mass is 9.44. The molecule has 10 atom stereocenters. The van der Waals surface area contributed by atoms with Gasteiger partial charge < -0.3 is 43.4 Å². The highest BCUT2D eigenvalue weighted by molar-refractivity contribution is 5.72. The van der Waals surface area contributed by atoms with Gasteiger partial charge in [-0.3, -0.25) is 24.0 Å². The predicted molar refractivity (Wildman–Crippen MR) is 156 cm³/mol. The number of fused-ring (bicyclic) bond motifs is 5. The Hall–Kier alpha value is -3.56. The van der Waals surface area contributed by atoms with Crippen molar-refractivity contribution in [1.29, 1.82) is 0 Å². The average Bonchev–Trinajstić information content (AvgIpc) is 2.92. The van der Waals surface area contributed by atoms with Crippen molar-refractivity contribution in [1.82, 2.24) is 0 Å². The number of rotatable bonds is 7. The second kappa shape index (κ2) is 12.5. The zero-order valence-corrected chi connectivity index (χ0v) is 28.1. The second-order valence-electron chi connectivity index (χ2n) is 13.6. The molecular weight excluding hydrogens is 624 g/mol. The first kappa shape index (κ1) is 36.3. The maximum atomic E-state index is 13.1. The summed E-state index contributed by atoms with van der Waals surface area (Å²) >= 11 is 0. The molecule has 2 N–H and O–H groups in total. The van der Waals surface area contributed by atoms with Crippen LogP contribution in [0.3, 0.4) is 0 Å². The van der Waals surface area contributed by atoms with E-state index in [9.17, 15) is 39.0 Å². The maximum absolute atomic E-state index is 13.1. The Kier molecular flexibility index (Phi) is 9.63. The molecule has 15 heteroatoms. The summed E-state index contributed by atoms with van der Waals surface area (Å²) in [6.45, 7) is 10.7.